The van der Waals surface area contributed by atoms with Crippen LogP contribution in [0.3, 0.4) is 0 Å². The van der Waals surface area contributed by atoms with Crippen LogP contribution >= 0.6 is 0 Å². The molecular formula is C17H23N5O3. The summed E-state index contributed by atoms with van der Waals surface area (Å²) < 4.78 is 3.37. The zero-order valence-corrected chi connectivity index (χ0v) is 14.7. The first kappa shape index (κ1) is 17.2. The van der Waals surface area contributed by atoms with Crippen molar-refractivity contribution in [2.75, 3.05) is 13.1 Å². The molecule has 0 radical (unpaired) electrons. The van der Waals surface area contributed by atoms with Gasteiger partial charge in [0.05, 0.1) is 6.20 Å². The molecule has 8 heteroatoms. The zero-order chi connectivity index (χ0) is 18.2. The summed E-state index contributed by atoms with van der Waals surface area (Å²) in [6.45, 7) is 6.36. The van der Waals surface area contributed by atoms with Gasteiger partial charge in [0, 0.05) is 44.5 Å². The normalized spacial score (nSPS) is 18.1. The molecule has 2 aromatic rings. The predicted molar refractivity (Wildman–Crippen MR) is 90.1 cm³/mol. The van der Waals surface area contributed by atoms with Crippen molar-refractivity contribution in [3.63, 3.8) is 0 Å². The predicted octanol–water partition coefficient (Wildman–Crippen LogP) is 1.36. The van der Waals surface area contributed by atoms with Crippen molar-refractivity contribution in [1.82, 2.24) is 24.2 Å². The quantitative estimate of drug-likeness (QED) is 0.903. The summed E-state index contributed by atoms with van der Waals surface area (Å²) in [6, 6.07) is -0.355. The minimum atomic E-state index is -1.08. The molecule has 2 aromatic heterocycles. The maximum Gasteiger partial charge on any atom is 0.331 e. The van der Waals surface area contributed by atoms with Gasteiger partial charge >= 0.3 is 5.97 Å². The fourth-order valence-electron chi connectivity index (χ4n) is 3.47. The molecule has 1 fully saturated rings. The standard InChI is InChI=1S/C17H23N5O3/c1-12-10-19-22(11-12)17(16(24)25)4-7-20(8-5-17)15(23)13(2)21-9-6-18-14(21)3/h6,9-11,13H,4-5,7-8H2,1-3H3,(H,24,25)/t13-/m1/s1. The summed E-state index contributed by atoms with van der Waals surface area (Å²) in [6.07, 6.45) is 7.55. The molecule has 1 aliphatic heterocycles. The van der Waals surface area contributed by atoms with E-state index in [0.29, 0.717) is 25.9 Å². The summed E-state index contributed by atoms with van der Waals surface area (Å²) in [7, 11) is 0. The lowest BCUT2D eigenvalue weighted by atomic mass is 9.87. The molecule has 8 nitrogen and oxygen atoms in total. The molecule has 134 valence electrons. The fourth-order valence-corrected chi connectivity index (χ4v) is 3.47. The Morgan fingerprint density at radius 1 is 1.28 bits per heavy atom. The molecule has 3 rings (SSSR count). The van der Waals surface area contributed by atoms with Gasteiger partial charge in [-0.2, -0.15) is 5.10 Å². The summed E-state index contributed by atoms with van der Waals surface area (Å²) in [4.78, 5) is 30.6. The SMILES string of the molecule is Cc1cnn(C2(C(=O)O)CCN(C(=O)[C@@H](C)n3ccnc3C)CC2)c1. The molecule has 0 saturated carbocycles. The number of carbonyl (C=O) groups excluding carboxylic acids is 1. The van der Waals surface area contributed by atoms with Gasteiger partial charge in [-0.15, -0.1) is 0 Å². The molecule has 1 aliphatic rings. The number of piperidine rings is 1. The van der Waals surface area contributed by atoms with E-state index in [-0.39, 0.29) is 11.9 Å². The van der Waals surface area contributed by atoms with Crippen LogP contribution in [0, 0.1) is 13.8 Å². The van der Waals surface area contributed by atoms with Crippen molar-refractivity contribution in [2.45, 2.75) is 45.2 Å². The Balaban J connectivity index is 1.75. The Kier molecular flexibility index (Phi) is 4.36. The number of carboxylic acids is 1. The van der Waals surface area contributed by atoms with Crippen molar-refractivity contribution >= 4 is 11.9 Å². The number of amides is 1. The fraction of sp³-hybridized carbons (Fsp3) is 0.529. The summed E-state index contributed by atoms with van der Waals surface area (Å²) >= 11 is 0. The molecule has 0 bridgehead atoms. The molecule has 1 saturated heterocycles. The van der Waals surface area contributed by atoms with Gasteiger partial charge in [-0.25, -0.2) is 9.78 Å². The Labute approximate surface area is 146 Å². The van der Waals surface area contributed by atoms with Crippen molar-refractivity contribution < 1.29 is 14.7 Å². The summed E-state index contributed by atoms with van der Waals surface area (Å²) in [5.41, 5.74) is -0.164. The highest BCUT2D eigenvalue weighted by molar-refractivity contribution is 5.81. The number of aliphatic carboxylic acids is 1. The van der Waals surface area contributed by atoms with E-state index in [1.807, 2.05) is 25.3 Å². The number of nitrogens with zero attached hydrogens (tertiary/aromatic N) is 5. The van der Waals surface area contributed by atoms with Crippen LogP contribution in [-0.4, -0.2) is 54.3 Å². The lowest BCUT2D eigenvalue weighted by Gasteiger charge is -2.39. The van der Waals surface area contributed by atoms with Crippen molar-refractivity contribution in [1.29, 1.82) is 0 Å². The van der Waals surface area contributed by atoms with E-state index in [0.717, 1.165) is 11.4 Å². The largest absolute Gasteiger partial charge is 0.479 e. The molecule has 0 unspecified atom stereocenters. The maximum absolute atomic E-state index is 12.8. The van der Waals surface area contributed by atoms with E-state index < -0.39 is 11.5 Å². The highest BCUT2D eigenvalue weighted by Crippen LogP contribution is 2.31. The minimum absolute atomic E-state index is 0.0169. The van der Waals surface area contributed by atoms with Gasteiger partial charge in [0.25, 0.3) is 0 Å². The number of aromatic nitrogens is 4. The topological polar surface area (TPSA) is 93.3 Å². The molecule has 1 atom stereocenters. The summed E-state index contributed by atoms with van der Waals surface area (Å²) in [5, 5.41) is 14.0. The third-order valence-electron chi connectivity index (χ3n) is 5.09. The second kappa shape index (κ2) is 6.34. The molecular weight excluding hydrogens is 322 g/mol. The first-order valence-electron chi connectivity index (χ1n) is 8.38. The van der Waals surface area contributed by atoms with Crippen LogP contribution in [0.1, 0.15) is 37.2 Å². The molecule has 0 aromatic carbocycles. The van der Waals surface area contributed by atoms with Crippen LogP contribution in [0.15, 0.2) is 24.8 Å². The van der Waals surface area contributed by atoms with Crippen LogP contribution < -0.4 is 0 Å². The number of rotatable bonds is 4. The first-order chi connectivity index (χ1) is 11.8. The monoisotopic (exact) mass is 345 g/mol. The van der Waals surface area contributed by atoms with Gasteiger partial charge < -0.3 is 14.6 Å². The first-order valence-corrected chi connectivity index (χ1v) is 8.38. The number of carbonyl (C=O) groups is 2. The summed E-state index contributed by atoms with van der Waals surface area (Å²) in [5.74, 6) is -0.136. The number of imidazole rings is 1. The molecule has 0 spiro atoms. The van der Waals surface area contributed by atoms with Crippen LogP contribution in [0.2, 0.25) is 0 Å². The molecule has 3 heterocycles. The van der Waals surface area contributed by atoms with Gasteiger partial charge in [0.1, 0.15) is 11.9 Å². The minimum Gasteiger partial charge on any atom is -0.479 e. The van der Waals surface area contributed by atoms with Gasteiger partial charge in [-0.05, 0) is 26.3 Å². The Morgan fingerprint density at radius 3 is 2.44 bits per heavy atom. The number of carboxylic acid groups (broad SMARTS) is 1. The second-order valence-corrected chi connectivity index (χ2v) is 6.68. The molecule has 25 heavy (non-hydrogen) atoms. The van der Waals surface area contributed by atoms with Crippen molar-refractivity contribution in [3.8, 4) is 0 Å². The van der Waals surface area contributed by atoms with Crippen LogP contribution in [0.5, 0.6) is 0 Å². The number of hydrogen-bond acceptors (Lipinski definition) is 4. The Bertz CT molecular complexity index is 786. The highest BCUT2D eigenvalue weighted by atomic mass is 16.4. The third kappa shape index (κ3) is 2.92. The van der Waals surface area contributed by atoms with Crippen molar-refractivity contribution in [3.05, 3.63) is 36.2 Å². The molecule has 1 N–H and O–H groups in total. The third-order valence-corrected chi connectivity index (χ3v) is 5.09. The highest BCUT2D eigenvalue weighted by Gasteiger charge is 2.45. The van der Waals surface area contributed by atoms with Crippen molar-refractivity contribution in [2.24, 2.45) is 0 Å². The van der Waals surface area contributed by atoms with Crippen LogP contribution in [0.4, 0.5) is 0 Å². The van der Waals surface area contributed by atoms with Crippen LogP contribution in [0.25, 0.3) is 0 Å². The van der Waals surface area contributed by atoms with E-state index in [4.69, 9.17) is 0 Å². The maximum atomic E-state index is 12.8. The Morgan fingerprint density at radius 2 is 1.96 bits per heavy atom. The second-order valence-electron chi connectivity index (χ2n) is 6.68. The smallest absolute Gasteiger partial charge is 0.331 e. The van der Waals surface area contributed by atoms with Gasteiger partial charge in [-0.3, -0.25) is 9.48 Å². The van der Waals surface area contributed by atoms with E-state index in [2.05, 4.69) is 10.1 Å². The van der Waals surface area contributed by atoms with E-state index in [9.17, 15) is 14.7 Å². The van der Waals surface area contributed by atoms with E-state index in [1.165, 1.54) is 4.68 Å². The lowest BCUT2D eigenvalue weighted by Crippen LogP contribution is -2.53. The van der Waals surface area contributed by atoms with Gasteiger partial charge in [0.2, 0.25) is 5.91 Å². The number of likely N-dealkylation sites (tertiary alicyclic amines) is 1. The molecule has 1 amide bonds. The van der Waals surface area contributed by atoms with E-state index in [1.54, 1.807) is 29.7 Å². The number of aryl methyl sites for hydroxylation is 2. The zero-order valence-electron chi connectivity index (χ0n) is 14.7. The number of hydrogen-bond donors (Lipinski definition) is 1. The molecule has 0 aliphatic carbocycles. The van der Waals surface area contributed by atoms with Crippen LogP contribution in [-0.2, 0) is 15.1 Å². The lowest BCUT2D eigenvalue weighted by molar-refractivity contribution is -0.154. The van der Waals surface area contributed by atoms with Gasteiger partial charge in [0.15, 0.2) is 5.54 Å². The Hall–Kier alpha value is -2.64. The average molecular weight is 345 g/mol. The average Bonchev–Trinajstić information content (AvgIpc) is 3.22. The van der Waals surface area contributed by atoms with Gasteiger partial charge in [-0.1, -0.05) is 0 Å². The van der Waals surface area contributed by atoms with E-state index >= 15 is 0 Å².